The monoisotopic (exact) mass is 396 g/mol. The molecule has 31 heavy (non-hydrogen) atoms. The van der Waals surface area contributed by atoms with Crippen molar-refractivity contribution in [1.29, 1.82) is 0 Å². The number of para-hydroxylation sites is 2. The number of fused-ring (bicyclic) bond motifs is 3. The number of aromatic nitrogens is 2. The van der Waals surface area contributed by atoms with Gasteiger partial charge in [-0.2, -0.15) is 0 Å². The van der Waals surface area contributed by atoms with Gasteiger partial charge in [0.1, 0.15) is 0 Å². The van der Waals surface area contributed by atoms with Crippen LogP contribution < -0.4 is 0 Å². The van der Waals surface area contributed by atoms with E-state index in [9.17, 15) is 0 Å². The highest BCUT2D eigenvalue weighted by Gasteiger charge is 2.11. The lowest BCUT2D eigenvalue weighted by atomic mass is 10.0. The van der Waals surface area contributed by atoms with E-state index in [0.29, 0.717) is 0 Å². The molecule has 6 aromatic rings. The second kappa shape index (κ2) is 7.26. The van der Waals surface area contributed by atoms with Crippen LogP contribution in [0.4, 0.5) is 0 Å². The Morgan fingerprint density at radius 2 is 1.10 bits per heavy atom. The Labute approximate surface area is 181 Å². The molecule has 0 spiro atoms. The smallest absolute Gasteiger partial charge is 0.0708 e. The Kier molecular flexibility index (Phi) is 4.14. The molecule has 0 radical (unpaired) electrons. The molecule has 0 saturated carbocycles. The molecular weight excluding hydrogens is 376 g/mol. The fourth-order valence-electron chi connectivity index (χ4n) is 4.38. The number of hydrogen-bond donors (Lipinski definition) is 0. The second-order valence-electron chi connectivity index (χ2n) is 7.71. The van der Waals surface area contributed by atoms with Gasteiger partial charge in [-0.25, -0.2) is 0 Å². The van der Waals surface area contributed by atoms with Crippen molar-refractivity contribution in [2.75, 3.05) is 0 Å². The van der Waals surface area contributed by atoms with Gasteiger partial charge in [0.2, 0.25) is 0 Å². The maximum atomic E-state index is 4.56. The summed E-state index contributed by atoms with van der Waals surface area (Å²) in [6.07, 6.45) is 1.89. The third kappa shape index (κ3) is 3.01. The summed E-state index contributed by atoms with van der Waals surface area (Å²) >= 11 is 0. The third-order valence-electron chi connectivity index (χ3n) is 5.87. The van der Waals surface area contributed by atoms with Gasteiger partial charge in [-0.1, -0.05) is 78.9 Å². The summed E-state index contributed by atoms with van der Waals surface area (Å²) < 4.78 is 2.34. The van der Waals surface area contributed by atoms with Crippen molar-refractivity contribution < 1.29 is 0 Å². The maximum absolute atomic E-state index is 4.56. The third-order valence-corrected chi connectivity index (χ3v) is 5.87. The second-order valence-corrected chi connectivity index (χ2v) is 7.71. The van der Waals surface area contributed by atoms with Crippen molar-refractivity contribution in [2.45, 2.75) is 0 Å². The lowest BCUT2D eigenvalue weighted by molar-refractivity contribution is 1.18. The fourth-order valence-corrected chi connectivity index (χ4v) is 4.38. The molecule has 0 saturated heterocycles. The molecule has 0 fully saturated rings. The SMILES string of the molecule is c1ccc(-c2cc(-c3ccc(-n4c5ccccc5c5ccccc54)cc3)ccn2)cc1. The molecule has 0 amide bonds. The molecule has 2 aromatic heterocycles. The van der Waals surface area contributed by atoms with Gasteiger partial charge in [-0.15, -0.1) is 0 Å². The molecular formula is C29H20N2. The Balaban J connectivity index is 1.45. The molecule has 2 nitrogen and oxygen atoms in total. The molecule has 6 rings (SSSR count). The molecule has 0 aliphatic carbocycles. The molecule has 0 aliphatic heterocycles. The van der Waals surface area contributed by atoms with E-state index in [1.807, 2.05) is 24.4 Å². The minimum atomic E-state index is 0.990. The van der Waals surface area contributed by atoms with Crippen LogP contribution in [-0.2, 0) is 0 Å². The predicted octanol–water partition coefficient (Wildman–Crippen LogP) is 7.51. The van der Waals surface area contributed by atoms with E-state index in [2.05, 4.69) is 107 Å². The summed E-state index contributed by atoms with van der Waals surface area (Å²) in [5, 5.41) is 2.56. The highest BCUT2D eigenvalue weighted by Crippen LogP contribution is 2.32. The van der Waals surface area contributed by atoms with Crippen LogP contribution in [0.15, 0.2) is 121 Å². The highest BCUT2D eigenvalue weighted by atomic mass is 15.0. The topological polar surface area (TPSA) is 17.8 Å². The molecule has 0 bridgehead atoms. The molecule has 0 N–H and O–H groups in total. The Bertz CT molecular complexity index is 1460. The van der Waals surface area contributed by atoms with Gasteiger partial charge in [0.25, 0.3) is 0 Å². The summed E-state index contributed by atoms with van der Waals surface area (Å²) in [5.74, 6) is 0. The molecule has 2 heteroatoms. The van der Waals surface area contributed by atoms with Gasteiger partial charge in [0.05, 0.1) is 16.7 Å². The zero-order valence-corrected chi connectivity index (χ0v) is 16.9. The summed E-state index contributed by atoms with van der Waals surface area (Å²) in [6.45, 7) is 0. The van der Waals surface area contributed by atoms with Crippen molar-refractivity contribution in [2.24, 2.45) is 0 Å². The Morgan fingerprint density at radius 3 is 1.77 bits per heavy atom. The first-order chi connectivity index (χ1) is 15.4. The summed E-state index contributed by atoms with van der Waals surface area (Å²) in [6, 6.07) is 40.6. The average Bonchev–Trinajstić information content (AvgIpc) is 3.19. The van der Waals surface area contributed by atoms with E-state index >= 15 is 0 Å². The van der Waals surface area contributed by atoms with E-state index in [1.54, 1.807) is 0 Å². The molecule has 0 atom stereocenters. The summed E-state index contributed by atoms with van der Waals surface area (Å²) in [4.78, 5) is 4.56. The summed E-state index contributed by atoms with van der Waals surface area (Å²) in [5.41, 5.74) is 8.10. The standard InChI is InChI=1S/C29H20N2/c1-2-8-22(9-3-1)27-20-23(18-19-30-27)21-14-16-24(17-15-21)31-28-12-6-4-10-25(28)26-11-5-7-13-29(26)31/h1-20H. The van der Waals surface area contributed by atoms with Crippen LogP contribution in [0.25, 0.3) is 49.9 Å². The van der Waals surface area contributed by atoms with E-state index in [4.69, 9.17) is 0 Å². The van der Waals surface area contributed by atoms with Crippen LogP contribution in [0.2, 0.25) is 0 Å². The lowest BCUT2D eigenvalue weighted by Crippen LogP contribution is -1.93. The average molecular weight is 396 g/mol. The quantitative estimate of drug-likeness (QED) is 0.303. The van der Waals surface area contributed by atoms with E-state index in [1.165, 1.54) is 38.6 Å². The first-order valence-electron chi connectivity index (χ1n) is 10.5. The van der Waals surface area contributed by atoms with Crippen LogP contribution in [0.1, 0.15) is 0 Å². The summed E-state index contributed by atoms with van der Waals surface area (Å²) in [7, 11) is 0. The fraction of sp³-hybridized carbons (Fsp3) is 0. The van der Waals surface area contributed by atoms with E-state index < -0.39 is 0 Å². The predicted molar refractivity (Wildman–Crippen MR) is 129 cm³/mol. The molecule has 2 heterocycles. The van der Waals surface area contributed by atoms with E-state index in [-0.39, 0.29) is 0 Å². The van der Waals surface area contributed by atoms with Gasteiger partial charge >= 0.3 is 0 Å². The molecule has 4 aromatic carbocycles. The van der Waals surface area contributed by atoms with E-state index in [0.717, 1.165) is 11.3 Å². The molecule has 0 unspecified atom stereocenters. The molecule has 146 valence electrons. The molecule has 0 aliphatic rings. The Morgan fingerprint density at radius 1 is 0.484 bits per heavy atom. The van der Waals surface area contributed by atoms with Gasteiger partial charge in [-0.3, -0.25) is 4.98 Å². The van der Waals surface area contributed by atoms with Crippen molar-refractivity contribution in [3.63, 3.8) is 0 Å². The first-order valence-corrected chi connectivity index (χ1v) is 10.5. The maximum Gasteiger partial charge on any atom is 0.0708 e. The number of nitrogens with zero attached hydrogens (tertiary/aromatic N) is 2. The van der Waals surface area contributed by atoms with Gasteiger partial charge in [0.15, 0.2) is 0 Å². The van der Waals surface area contributed by atoms with Crippen molar-refractivity contribution in [3.8, 4) is 28.1 Å². The van der Waals surface area contributed by atoms with Gasteiger partial charge in [0, 0.05) is 28.2 Å². The van der Waals surface area contributed by atoms with Crippen LogP contribution in [0.3, 0.4) is 0 Å². The number of benzene rings is 4. The zero-order chi connectivity index (χ0) is 20.6. The van der Waals surface area contributed by atoms with Gasteiger partial charge in [-0.05, 0) is 47.5 Å². The van der Waals surface area contributed by atoms with Crippen molar-refractivity contribution in [3.05, 3.63) is 121 Å². The normalized spacial score (nSPS) is 11.2. The Hall–Kier alpha value is -4.17. The highest BCUT2D eigenvalue weighted by molar-refractivity contribution is 6.09. The van der Waals surface area contributed by atoms with Gasteiger partial charge < -0.3 is 4.57 Å². The van der Waals surface area contributed by atoms with Crippen molar-refractivity contribution >= 4 is 21.8 Å². The van der Waals surface area contributed by atoms with Crippen LogP contribution in [-0.4, -0.2) is 9.55 Å². The number of hydrogen-bond acceptors (Lipinski definition) is 1. The van der Waals surface area contributed by atoms with Crippen molar-refractivity contribution in [1.82, 2.24) is 9.55 Å². The first kappa shape index (κ1) is 17.7. The zero-order valence-electron chi connectivity index (χ0n) is 16.9. The number of rotatable bonds is 3. The minimum Gasteiger partial charge on any atom is -0.309 e. The lowest BCUT2D eigenvalue weighted by Gasteiger charge is -2.10. The number of pyridine rings is 1. The van der Waals surface area contributed by atoms with Crippen LogP contribution in [0, 0.1) is 0 Å². The van der Waals surface area contributed by atoms with Crippen LogP contribution in [0.5, 0.6) is 0 Å². The van der Waals surface area contributed by atoms with Crippen LogP contribution >= 0.6 is 0 Å². The largest absolute Gasteiger partial charge is 0.309 e. The minimum absolute atomic E-state index is 0.990.